The Morgan fingerprint density at radius 1 is 1.40 bits per heavy atom. The molecule has 3 N–H and O–H groups in total. The zero-order chi connectivity index (χ0) is 10.7. The molecule has 0 saturated heterocycles. The van der Waals surface area contributed by atoms with Crippen molar-refractivity contribution in [2.45, 2.75) is 31.7 Å². The molecule has 0 amide bonds. The molecule has 3 heteroatoms. The van der Waals surface area contributed by atoms with Crippen molar-refractivity contribution in [1.29, 1.82) is 0 Å². The molecule has 82 valence electrons. The van der Waals surface area contributed by atoms with Gasteiger partial charge in [-0.25, -0.2) is 0 Å². The quantitative estimate of drug-likeness (QED) is 0.609. The number of nitrogens with two attached hydrogens (primary N) is 1. The smallest absolute Gasteiger partial charge is 0.0438 e. The summed E-state index contributed by atoms with van der Waals surface area (Å²) in [6.45, 7) is 0. The van der Waals surface area contributed by atoms with Crippen molar-refractivity contribution in [3.05, 3.63) is 34.9 Å². The third-order valence-corrected chi connectivity index (χ3v) is 3.70. The van der Waals surface area contributed by atoms with E-state index in [2.05, 4.69) is 11.5 Å². The molecule has 0 aliphatic heterocycles. The topological polar surface area (TPSA) is 38.0 Å². The highest BCUT2D eigenvalue weighted by Crippen LogP contribution is 2.31. The molecule has 1 aromatic carbocycles. The second kappa shape index (κ2) is 4.97. The molecule has 0 radical (unpaired) electrons. The number of benzene rings is 1. The Bertz CT molecular complexity index is 323. The summed E-state index contributed by atoms with van der Waals surface area (Å²) in [4.78, 5) is 0. The summed E-state index contributed by atoms with van der Waals surface area (Å²) >= 11 is 6.12. The van der Waals surface area contributed by atoms with Crippen LogP contribution in [-0.4, -0.2) is 6.04 Å². The van der Waals surface area contributed by atoms with E-state index in [1.165, 1.54) is 24.8 Å². The lowest BCUT2D eigenvalue weighted by atomic mass is 9.78. The summed E-state index contributed by atoms with van der Waals surface area (Å²) in [5.41, 5.74) is 4.11. The Kier molecular flexibility index (Phi) is 3.62. The van der Waals surface area contributed by atoms with E-state index in [9.17, 15) is 0 Å². The Labute approximate surface area is 95.8 Å². The molecule has 1 fully saturated rings. The van der Waals surface area contributed by atoms with Crippen molar-refractivity contribution >= 4 is 11.6 Å². The van der Waals surface area contributed by atoms with Gasteiger partial charge in [0.15, 0.2) is 0 Å². The molecule has 1 aliphatic rings. The molecule has 1 atom stereocenters. The second-order valence-corrected chi connectivity index (χ2v) is 4.67. The summed E-state index contributed by atoms with van der Waals surface area (Å²) < 4.78 is 0. The monoisotopic (exact) mass is 224 g/mol. The maximum Gasteiger partial charge on any atom is 0.0438 e. The Hall–Kier alpha value is -0.570. The second-order valence-electron chi connectivity index (χ2n) is 4.26. The lowest BCUT2D eigenvalue weighted by Gasteiger charge is -2.33. The van der Waals surface area contributed by atoms with E-state index < -0.39 is 0 Å². The van der Waals surface area contributed by atoms with E-state index in [4.69, 9.17) is 17.4 Å². The molecule has 0 aromatic heterocycles. The minimum atomic E-state index is 0.374. The molecule has 1 saturated carbocycles. The van der Waals surface area contributed by atoms with Crippen LogP contribution in [0.4, 0.5) is 0 Å². The van der Waals surface area contributed by atoms with Crippen LogP contribution < -0.4 is 11.3 Å². The van der Waals surface area contributed by atoms with Crippen molar-refractivity contribution < 1.29 is 0 Å². The fourth-order valence-corrected chi connectivity index (χ4v) is 2.32. The number of halogens is 1. The van der Waals surface area contributed by atoms with Gasteiger partial charge < -0.3 is 0 Å². The van der Waals surface area contributed by atoms with E-state index in [1.807, 2.05) is 18.2 Å². The van der Waals surface area contributed by atoms with Gasteiger partial charge in [-0.15, -0.1) is 0 Å². The summed E-state index contributed by atoms with van der Waals surface area (Å²) in [6, 6.07) is 8.37. The highest BCUT2D eigenvalue weighted by atomic mass is 35.5. The first-order chi connectivity index (χ1) is 7.31. The summed E-state index contributed by atoms with van der Waals surface area (Å²) in [7, 11) is 0. The van der Waals surface area contributed by atoms with Crippen molar-refractivity contribution in [3.63, 3.8) is 0 Å². The molecular formula is C12H17ClN2. The first-order valence-corrected chi connectivity index (χ1v) is 5.88. The first-order valence-electron chi connectivity index (χ1n) is 5.51. The van der Waals surface area contributed by atoms with Gasteiger partial charge in [0, 0.05) is 11.1 Å². The van der Waals surface area contributed by atoms with Gasteiger partial charge >= 0.3 is 0 Å². The zero-order valence-corrected chi connectivity index (χ0v) is 9.50. The number of nitrogens with one attached hydrogen (secondary N) is 1. The lowest BCUT2D eigenvalue weighted by Crippen LogP contribution is -2.44. The largest absolute Gasteiger partial charge is 0.271 e. The van der Waals surface area contributed by atoms with Crippen LogP contribution in [0.3, 0.4) is 0 Å². The highest BCUT2D eigenvalue weighted by Gasteiger charge is 2.26. The van der Waals surface area contributed by atoms with Gasteiger partial charge in [0.1, 0.15) is 0 Å². The van der Waals surface area contributed by atoms with Crippen LogP contribution in [0.25, 0.3) is 0 Å². The van der Waals surface area contributed by atoms with Gasteiger partial charge in [0.25, 0.3) is 0 Å². The molecule has 0 heterocycles. The van der Waals surface area contributed by atoms with E-state index in [1.54, 1.807) is 0 Å². The van der Waals surface area contributed by atoms with Crippen LogP contribution in [0.1, 0.15) is 24.8 Å². The van der Waals surface area contributed by atoms with Crippen molar-refractivity contribution in [3.8, 4) is 0 Å². The van der Waals surface area contributed by atoms with Gasteiger partial charge in [0.05, 0.1) is 0 Å². The fraction of sp³-hybridized carbons (Fsp3) is 0.500. The van der Waals surface area contributed by atoms with Crippen LogP contribution in [0.5, 0.6) is 0 Å². The van der Waals surface area contributed by atoms with Crippen molar-refractivity contribution in [2.75, 3.05) is 0 Å². The van der Waals surface area contributed by atoms with Gasteiger partial charge in [-0.1, -0.05) is 36.2 Å². The third kappa shape index (κ3) is 2.51. The zero-order valence-electron chi connectivity index (χ0n) is 8.75. The third-order valence-electron chi connectivity index (χ3n) is 3.33. The predicted molar refractivity (Wildman–Crippen MR) is 63.6 cm³/mol. The fourth-order valence-electron chi connectivity index (χ4n) is 2.10. The maximum absolute atomic E-state index is 6.12. The molecule has 0 bridgehead atoms. The Morgan fingerprint density at radius 2 is 2.13 bits per heavy atom. The highest BCUT2D eigenvalue weighted by molar-refractivity contribution is 6.31. The van der Waals surface area contributed by atoms with Gasteiger partial charge in [-0.3, -0.25) is 11.3 Å². The molecule has 1 aromatic rings. The van der Waals surface area contributed by atoms with Gasteiger partial charge in [-0.2, -0.15) is 0 Å². The Balaban J connectivity index is 2.02. The van der Waals surface area contributed by atoms with E-state index >= 15 is 0 Å². The van der Waals surface area contributed by atoms with Gasteiger partial charge in [-0.05, 0) is 36.8 Å². The minimum Gasteiger partial charge on any atom is -0.271 e. The van der Waals surface area contributed by atoms with Crippen molar-refractivity contribution in [2.24, 2.45) is 11.8 Å². The lowest BCUT2D eigenvalue weighted by molar-refractivity contribution is 0.228. The van der Waals surface area contributed by atoms with E-state index in [0.29, 0.717) is 6.04 Å². The summed E-state index contributed by atoms with van der Waals surface area (Å²) in [5.74, 6) is 6.32. The maximum atomic E-state index is 6.12. The van der Waals surface area contributed by atoms with Crippen LogP contribution in [0, 0.1) is 5.92 Å². The van der Waals surface area contributed by atoms with Crippen molar-refractivity contribution in [1.82, 2.24) is 5.43 Å². The first kappa shape index (κ1) is 10.9. The molecule has 0 spiro atoms. The number of hydrogen-bond acceptors (Lipinski definition) is 2. The average molecular weight is 225 g/mol. The number of hydrazine groups is 1. The number of rotatable bonds is 4. The molecular weight excluding hydrogens is 208 g/mol. The normalized spacial score (nSPS) is 18.5. The van der Waals surface area contributed by atoms with Crippen LogP contribution in [0.15, 0.2) is 24.3 Å². The predicted octanol–water partition coefficient (Wildman–Crippen LogP) is 2.51. The standard InChI is InChI=1S/C12H17ClN2/c13-11-7-2-1-4-10(11)8-12(15-14)9-5-3-6-9/h1-2,4,7,9,12,15H,3,5-6,8,14H2. The summed E-state index contributed by atoms with van der Waals surface area (Å²) in [5, 5.41) is 0.845. The molecule has 15 heavy (non-hydrogen) atoms. The minimum absolute atomic E-state index is 0.374. The van der Waals surface area contributed by atoms with E-state index in [-0.39, 0.29) is 0 Å². The van der Waals surface area contributed by atoms with Crippen LogP contribution >= 0.6 is 11.6 Å². The van der Waals surface area contributed by atoms with Crippen LogP contribution in [-0.2, 0) is 6.42 Å². The molecule has 2 rings (SSSR count). The average Bonchev–Trinajstić information content (AvgIpc) is 2.17. The van der Waals surface area contributed by atoms with Crippen LogP contribution in [0.2, 0.25) is 5.02 Å². The number of hydrogen-bond donors (Lipinski definition) is 2. The van der Waals surface area contributed by atoms with Gasteiger partial charge in [0.2, 0.25) is 0 Å². The summed E-state index contributed by atoms with van der Waals surface area (Å²) in [6.07, 6.45) is 4.85. The SMILES string of the molecule is NNC(Cc1ccccc1Cl)C1CCC1. The molecule has 2 nitrogen and oxygen atoms in total. The Morgan fingerprint density at radius 3 is 2.67 bits per heavy atom. The van der Waals surface area contributed by atoms with E-state index in [0.717, 1.165) is 17.4 Å². The molecule has 1 unspecified atom stereocenters. The molecule has 1 aliphatic carbocycles.